The van der Waals surface area contributed by atoms with Crippen molar-refractivity contribution in [2.24, 2.45) is 34.8 Å². The zero-order valence-electron chi connectivity index (χ0n) is 24.6. The quantitative estimate of drug-likeness (QED) is 0.483. The molecule has 3 N–H and O–H groups in total. The molecule has 5 atom stereocenters. The number of hydrogen-bond acceptors (Lipinski definition) is 5. The first-order chi connectivity index (χ1) is 18.4. The van der Waals surface area contributed by atoms with Crippen molar-refractivity contribution >= 4 is 17.7 Å². The standard InChI is InChI=1S/C30H51FN4O4/c1-20-7-5-8-21(15-20)17-39-18-25(33-27(37)29(2,3)32)26(36)35-14-6-13-30(19-35)24(16-34(4)28(30)38)22-9-11-23(31)12-10-22/h20-25H,5-19,32H2,1-4H3,(H,33,37). The highest BCUT2D eigenvalue weighted by Crippen LogP contribution is 2.50. The van der Waals surface area contributed by atoms with Crippen LogP contribution in [0.1, 0.15) is 85.0 Å². The van der Waals surface area contributed by atoms with E-state index in [1.54, 1.807) is 18.7 Å². The zero-order valence-corrected chi connectivity index (χ0v) is 24.6. The van der Waals surface area contributed by atoms with E-state index in [4.69, 9.17) is 10.5 Å². The molecule has 2 aliphatic heterocycles. The van der Waals surface area contributed by atoms with Crippen LogP contribution in [-0.2, 0) is 19.1 Å². The van der Waals surface area contributed by atoms with Crippen molar-refractivity contribution in [3.05, 3.63) is 0 Å². The van der Waals surface area contributed by atoms with Gasteiger partial charge in [0.25, 0.3) is 0 Å². The molecule has 4 rings (SSSR count). The number of ether oxygens (including phenoxy) is 1. The van der Waals surface area contributed by atoms with Crippen LogP contribution in [0, 0.1) is 29.1 Å². The summed E-state index contributed by atoms with van der Waals surface area (Å²) >= 11 is 0. The largest absolute Gasteiger partial charge is 0.378 e. The number of hydrogen-bond donors (Lipinski definition) is 2. The Balaban J connectivity index is 1.47. The normalized spacial score (nSPS) is 34.8. The Morgan fingerprint density at radius 1 is 1.18 bits per heavy atom. The second-order valence-electron chi connectivity index (χ2n) is 13.7. The predicted octanol–water partition coefficient (Wildman–Crippen LogP) is 3.28. The Kier molecular flexibility index (Phi) is 9.62. The average Bonchev–Trinajstić information content (AvgIpc) is 3.12. The van der Waals surface area contributed by atoms with E-state index in [1.807, 2.05) is 11.9 Å². The molecule has 4 aliphatic rings. The third kappa shape index (κ3) is 6.95. The van der Waals surface area contributed by atoms with Gasteiger partial charge in [-0.2, -0.15) is 0 Å². The van der Waals surface area contributed by atoms with E-state index in [-0.39, 0.29) is 30.3 Å². The number of rotatable bonds is 8. The van der Waals surface area contributed by atoms with Gasteiger partial charge in [-0.3, -0.25) is 14.4 Å². The zero-order chi connectivity index (χ0) is 28.4. The Bertz CT molecular complexity index is 887. The van der Waals surface area contributed by atoms with Crippen LogP contribution < -0.4 is 11.1 Å². The van der Waals surface area contributed by atoms with Crippen LogP contribution in [0.15, 0.2) is 0 Å². The Labute approximate surface area is 233 Å². The maximum Gasteiger partial charge on any atom is 0.247 e. The first kappa shape index (κ1) is 30.2. The summed E-state index contributed by atoms with van der Waals surface area (Å²) in [6.07, 6.45) is 8.11. The van der Waals surface area contributed by atoms with Crippen LogP contribution >= 0.6 is 0 Å². The molecule has 0 aromatic heterocycles. The van der Waals surface area contributed by atoms with Crippen LogP contribution in [0.3, 0.4) is 0 Å². The van der Waals surface area contributed by atoms with Crippen LogP contribution in [0.5, 0.6) is 0 Å². The van der Waals surface area contributed by atoms with Crippen molar-refractivity contribution in [2.45, 2.75) is 103 Å². The minimum absolute atomic E-state index is 0.0901. The topological polar surface area (TPSA) is 105 Å². The van der Waals surface area contributed by atoms with E-state index >= 15 is 0 Å². The maximum atomic E-state index is 14.0. The number of halogens is 1. The van der Waals surface area contributed by atoms with Crippen molar-refractivity contribution in [3.8, 4) is 0 Å². The first-order valence-corrected chi connectivity index (χ1v) is 15.3. The second kappa shape index (κ2) is 12.4. The van der Waals surface area contributed by atoms with Crippen molar-refractivity contribution < 1.29 is 23.5 Å². The van der Waals surface area contributed by atoms with Crippen LogP contribution in [-0.4, -0.2) is 85.2 Å². The van der Waals surface area contributed by atoms with Gasteiger partial charge in [0, 0.05) is 33.3 Å². The molecule has 2 saturated heterocycles. The Morgan fingerprint density at radius 3 is 2.56 bits per heavy atom. The van der Waals surface area contributed by atoms with Crippen LogP contribution in [0.2, 0.25) is 0 Å². The number of piperidine rings is 1. The summed E-state index contributed by atoms with van der Waals surface area (Å²) in [5.74, 6) is 1.03. The lowest BCUT2D eigenvalue weighted by Crippen LogP contribution is -2.61. The number of nitrogens with two attached hydrogens (primary N) is 1. The van der Waals surface area contributed by atoms with E-state index in [0.29, 0.717) is 50.9 Å². The van der Waals surface area contributed by atoms with Crippen LogP contribution in [0.25, 0.3) is 0 Å². The lowest BCUT2D eigenvalue weighted by atomic mass is 9.63. The van der Waals surface area contributed by atoms with Crippen molar-refractivity contribution in [3.63, 3.8) is 0 Å². The van der Waals surface area contributed by atoms with Gasteiger partial charge in [0.05, 0.1) is 17.6 Å². The first-order valence-electron chi connectivity index (χ1n) is 15.3. The number of nitrogens with one attached hydrogen (secondary N) is 1. The van der Waals surface area contributed by atoms with E-state index in [9.17, 15) is 18.8 Å². The van der Waals surface area contributed by atoms with Gasteiger partial charge >= 0.3 is 0 Å². The molecule has 5 unspecified atom stereocenters. The van der Waals surface area contributed by atoms with Crippen molar-refractivity contribution in [1.82, 2.24) is 15.1 Å². The average molecular weight is 551 g/mol. The highest BCUT2D eigenvalue weighted by Gasteiger charge is 2.57. The van der Waals surface area contributed by atoms with Gasteiger partial charge in [0.1, 0.15) is 12.2 Å². The number of nitrogens with zero attached hydrogens (tertiary/aromatic N) is 2. The van der Waals surface area contributed by atoms with Gasteiger partial charge in [-0.1, -0.05) is 19.8 Å². The molecule has 0 aromatic rings. The molecule has 2 aliphatic carbocycles. The number of carbonyl (C=O) groups excluding carboxylic acids is 3. The molecular weight excluding hydrogens is 499 g/mol. The molecule has 39 heavy (non-hydrogen) atoms. The Morgan fingerprint density at radius 2 is 1.90 bits per heavy atom. The fraction of sp³-hybridized carbons (Fsp3) is 0.900. The van der Waals surface area contributed by atoms with Crippen molar-refractivity contribution in [1.29, 1.82) is 0 Å². The highest BCUT2D eigenvalue weighted by atomic mass is 19.1. The van der Waals surface area contributed by atoms with E-state index < -0.39 is 29.1 Å². The number of alkyl halides is 1. The van der Waals surface area contributed by atoms with Gasteiger partial charge < -0.3 is 25.6 Å². The number of likely N-dealkylation sites (tertiary alicyclic amines) is 2. The molecule has 0 radical (unpaired) electrons. The molecular formula is C30H51FN4O4. The molecule has 2 saturated carbocycles. The molecule has 2 heterocycles. The summed E-state index contributed by atoms with van der Waals surface area (Å²) in [7, 11) is 1.85. The highest BCUT2D eigenvalue weighted by molar-refractivity contribution is 5.92. The van der Waals surface area contributed by atoms with Gasteiger partial charge in [-0.15, -0.1) is 0 Å². The molecule has 0 aromatic carbocycles. The smallest absolute Gasteiger partial charge is 0.247 e. The van der Waals surface area contributed by atoms with Gasteiger partial charge in [0.15, 0.2) is 0 Å². The maximum absolute atomic E-state index is 14.0. The summed E-state index contributed by atoms with van der Waals surface area (Å²) in [4.78, 5) is 44.0. The minimum Gasteiger partial charge on any atom is -0.378 e. The SMILES string of the molecule is CC1CCCC(COCC(NC(=O)C(C)(C)N)C(=O)N2CCCC3(C2)C(=O)N(C)CC3C2CCC(F)CC2)C1. The number of carbonyl (C=O) groups is 3. The predicted molar refractivity (Wildman–Crippen MR) is 148 cm³/mol. The molecule has 9 heteroatoms. The van der Waals surface area contributed by atoms with E-state index in [2.05, 4.69) is 12.2 Å². The molecule has 3 amide bonds. The summed E-state index contributed by atoms with van der Waals surface area (Å²) in [5, 5.41) is 2.86. The third-order valence-electron chi connectivity index (χ3n) is 9.93. The van der Waals surface area contributed by atoms with Gasteiger partial charge in [-0.25, -0.2) is 4.39 Å². The number of amides is 3. The monoisotopic (exact) mass is 550 g/mol. The molecule has 222 valence electrons. The van der Waals surface area contributed by atoms with Crippen LogP contribution in [0.4, 0.5) is 4.39 Å². The Hall–Kier alpha value is -1.74. The van der Waals surface area contributed by atoms with Crippen molar-refractivity contribution in [2.75, 3.05) is 39.9 Å². The molecule has 4 fully saturated rings. The minimum atomic E-state index is -1.13. The summed E-state index contributed by atoms with van der Waals surface area (Å²) in [6, 6.07) is -0.855. The fourth-order valence-electron chi connectivity index (χ4n) is 7.72. The molecule has 1 spiro atoms. The summed E-state index contributed by atoms with van der Waals surface area (Å²) in [6.45, 7) is 7.71. The van der Waals surface area contributed by atoms with E-state index in [1.165, 1.54) is 12.8 Å². The van der Waals surface area contributed by atoms with Gasteiger partial charge in [-0.05, 0) is 88.9 Å². The van der Waals surface area contributed by atoms with Gasteiger partial charge in [0.2, 0.25) is 17.7 Å². The molecule has 0 bridgehead atoms. The lowest BCUT2D eigenvalue weighted by Gasteiger charge is -2.46. The fourth-order valence-corrected chi connectivity index (χ4v) is 7.72. The summed E-state index contributed by atoms with van der Waals surface area (Å²) < 4.78 is 20.0. The lowest BCUT2D eigenvalue weighted by molar-refractivity contribution is -0.148. The third-order valence-corrected chi connectivity index (χ3v) is 9.93. The molecule has 8 nitrogen and oxygen atoms in total. The van der Waals surface area contributed by atoms with E-state index in [0.717, 1.165) is 38.5 Å². The summed E-state index contributed by atoms with van der Waals surface area (Å²) in [5.41, 5.74) is 4.27. The second-order valence-corrected chi connectivity index (χ2v) is 13.7.